The molecule has 0 amide bonds. The van der Waals surface area contributed by atoms with Gasteiger partial charge in [-0.1, -0.05) is 20.3 Å². The summed E-state index contributed by atoms with van der Waals surface area (Å²) >= 11 is 0. The molecule has 1 rings (SSSR count). The highest BCUT2D eigenvalue weighted by atomic mass is 16.5. The molecule has 2 nitrogen and oxygen atoms in total. The van der Waals surface area contributed by atoms with E-state index in [9.17, 15) is 0 Å². The molecule has 1 saturated heterocycles. The highest BCUT2D eigenvalue weighted by Crippen LogP contribution is 2.32. The molecule has 1 aliphatic heterocycles. The summed E-state index contributed by atoms with van der Waals surface area (Å²) in [6.07, 6.45) is 4.30. The highest BCUT2D eigenvalue weighted by molar-refractivity contribution is 4.83. The largest absolute Gasteiger partial charge is 0.378 e. The molecule has 78 valence electrons. The van der Waals surface area contributed by atoms with Crippen LogP contribution in [0.15, 0.2) is 0 Å². The Balaban J connectivity index is 2.45. The van der Waals surface area contributed by atoms with Crippen LogP contribution in [-0.2, 0) is 4.74 Å². The van der Waals surface area contributed by atoms with Gasteiger partial charge in [0.25, 0.3) is 0 Å². The fraction of sp³-hybridized carbons (Fsp3) is 1.00. The molecular weight excluding hydrogens is 162 g/mol. The van der Waals surface area contributed by atoms with Gasteiger partial charge in [-0.05, 0) is 31.7 Å². The molecule has 1 aliphatic rings. The third-order valence-electron chi connectivity index (χ3n) is 3.10. The first-order chi connectivity index (χ1) is 6.33. The number of hydrogen-bond acceptors (Lipinski definition) is 2. The van der Waals surface area contributed by atoms with Crippen molar-refractivity contribution in [1.82, 2.24) is 5.32 Å². The second kappa shape index (κ2) is 5.61. The molecule has 0 radical (unpaired) electrons. The average Bonchev–Trinajstić information content (AvgIpc) is 2.50. The molecule has 0 saturated carbocycles. The van der Waals surface area contributed by atoms with E-state index in [4.69, 9.17) is 4.74 Å². The van der Waals surface area contributed by atoms with E-state index < -0.39 is 0 Å². The second-order valence-corrected chi connectivity index (χ2v) is 4.05. The van der Waals surface area contributed by atoms with Crippen molar-refractivity contribution < 1.29 is 4.74 Å². The minimum Gasteiger partial charge on any atom is -0.378 e. The molecule has 2 heteroatoms. The van der Waals surface area contributed by atoms with Gasteiger partial charge in [0.05, 0.1) is 12.7 Å². The van der Waals surface area contributed by atoms with Gasteiger partial charge in [0.1, 0.15) is 0 Å². The molecule has 0 spiro atoms. The lowest BCUT2D eigenvalue weighted by Gasteiger charge is -2.21. The third kappa shape index (κ3) is 2.68. The van der Waals surface area contributed by atoms with E-state index in [-0.39, 0.29) is 0 Å². The third-order valence-corrected chi connectivity index (χ3v) is 3.10. The van der Waals surface area contributed by atoms with Gasteiger partial charge in [0.2, 0.25) is 0 Å². The fourth-order valence-corrected chi connectivity index (χ4v) is 2.45. The molecule has 1 N–H and O–H groups in total. The van der Waals surface area contributed by atoms with Crippen LogP contribution in [0, 0.1) is 11.8 Å². The van der Waals surface area contributed by atoms with Gasteiger partial charge in [-0.15, -0.1) is 0 Å². The first-order valence-corrected chi connectivity index (χ1v) is 5.59. The predicted octanol–water partition coefficient (Wildman–Crippen LogP) is 2.05. The summed E-state index contributed by atoms with van der Waals surface area (Å²) in [5, 5.41) is 3.26. The maximum Gasteiger partial charge on any atom is 0.0604 e. The van der Waals surface area contributed by atoms with Crippen LogP contribution < -0.4 is 5.32 Å². The molecule has 0 bridgehead atoms. The van der Waals surface area contributed by atoms with Crippen LogP contribution in [-0.4, -0.2) is 26.3 Å². The van der Waals surface area contributed by atoms with Gasteiger partial charge in [0, 0.05) is 6.54 Å². The van der Waals surface area contributed by atoms with E-state index in [0.717, 1.165) is 25.0 Å². The van der Waals surface area contributed by atoms with Crippen molar-refractivity contribution in [3.8, 4) is 0 Å². The molecular formula is C11H23NO. The van der Waals surface area contributed by atoms with Crippen molar-refractivity contribution in [1.29, 1.82) is 0 Å². The Hall–Kier alpha value is -0.0800. The van der Waals surface area contributed by atoms with E-state index in [1.807, 2.05) is 7.05 Å². The van der Waals surface area contributed by atoms with Crippen LogP contribution >= 0.6 is 0 Å². The van der Waals surface area contributed by atoms with Gasteiger partial charge in [-0.25, -0.2) is 0 Å². The minimum absolute atomic E-state index is 0.526. The first-order valence-electron chi connectivity index (χ1n) is 5.59. The quantitative estimate of drug-likeness (QED) is 0.708. The molecule has 1 heterocycles. The summed E-state index contributed by atoms with van der Waals surface area (Å²) in [5.74, 6) is 1.54. The summed E-state index contributed by atoms with van der Waals surface area (Å²) in [4.78, 5) is 0. The van der Waals surface area contributed by atoms with Crippen molar-refractivity contribution >= 4 is 0 Å². The topological polar surface area (TPSA) is 21.3 Å². The predicted molar refractivity (Wildman–Crippen MR) is 55.8 cm³/mol. The molecule has 0 aromatic rings. The van der Waals surface area contributed by atoms with E-state index in [2.05, 4.69) is 19.2 Å². The van der Waals surface area contributed by atoms with E-state index in [1.165, 1.54) is 19.3 Å². The summed E-state index contributed by atoms with van der Waals surface area (Å²) in [6, 6.07) is 0. The van der Waals surface area contributed by atoms with Crippen LogP contribution in [0.2, 0.25) is 0 Å². The lowest BCUT2D eigenvalue weighted by atomic mass is 9.86. The zero-order chi connectivity index (χ0) is 9.68. The molecule has 0 aromatic carbocycles. The Labute approximate surface area is 82.0 Å². The molecule has 0 aliphatic carbocycles. The summed E-state index contributed by atoms with van der Waals surface area (Å²) in [7, 11) is 2.03. The Morgan fingerprint density at radius 2 is 2.15 bits per heavy atom. The average molecular weight is 185 g/mol. The Bertz CT molecular complexity index is 138. The SMILES string of the molecule is CCCC1C(CNC)COC1CC. The highest BCUT2D eigenvalue weighted by Gasteiger charge is 2.34. The Morgan fingerprint density at radius 1 is 1.38 bits per heavy atom. The van der Waals surface area contributed by atoms with Crippen molar-refractivity contribution in [3.05, 3.63) is 0 Å². The normalized spacial score (nSPS) is 33.9. The summed E-state index contributed by atoms with van der Waals surface area (Å²) < 4.78 is 5.79. The van der Waals surface area contributed by atoms with Gasteiger partial charge < -0.3 is 10.1 Å². The van der Waals surface area contributed by atoms with Crippen LogP contribution in [0.5, 0.6) is 0 Å². The zero-order valence-electron chi connectivity index (χ0n) is 9.18. The van der Waals surface area contributed by atoms with Gasteiger partial charge in [-0.2, -0.15) is 0 Å². The van der Waals surface area contributed by atoms with Gasteiger partial charge in [0.15, 0.2) is 0 Å². The van der Waals surface area contributed by atoms with Crippen LogP contribution in [0.3, 0.4) is 0 Å². The minimum atomic E-state index is 0.526. The summed E-state index contributed by atoms with van der Waals surface area (Å²) in [6.45, 7) is 6.57. The van der Waals surface area contributed by atoms with Crippen molar-refractivity contribution in [2.24, 2.45) is 11.8 Å². The lowest BCUT2D eigenvalue weighted by molar-refractivity contribution is 0.0850. The maximum atomic E-state index is 5.79. The number of ether oxygens (including phenoxy) is 1. The first kappa shape index (κ1) is 11.0. The Morgan fingerprint density at radius 3 is 2.69 bits per heavy atom. The van der Waals surface area contributed by atoms with Crippen molar-refractivity contribution in [2.75, 3.05) is 20.2 Å². The van der Waals surface area contributed by atoms with Gasteiger partial charge in [-0.3, -0.25) is 0 Å². The Kier molecular flexibility index (Phi) is 4.74. The molecule has 3 unspecified atom stereocenters. The standard InChI is InChI=1S/C11H23NO/c1-4-6-10-9(7-12-3)8-13-11(10)5-2/h9-12H,4-8H2,1-3H3. The fourth-order valence-electron chi connectivity index (χ4n) is 2.45. The van der Waals surface area contributed by atoms with Crippen molar-refractivity contribution in [2.45, 2.75) is 39.2 Å². The van der Waals surface area contributed by atoms with E-state index in [0.29, 0.717) is 6.10 Å². The molecule has 1 fully saturated rings. The van der Waals surface area contributed by atoms with E-state index in [1.54, 1.807) is 0 Å². The zero-order valence-corrected chi connectivity index (χ0v) is 9.18. The molecule has 13 heavy (non-hydrogen) atoms. The van der Waals surface area contributed by atoms with Crippen LogP contribution in [0.25, 0.3) is 0 Å². The maximum absolute atomic E-state index is 5.79. The van der Waals surface area contributed by atoms with E-state index >= 15 is 0 Å². The number of rotatable bonds is 5. The second-order valence-electron chi connectivity index (χ2n) is 4.05. The van der Waals surface area contributed by atoms with Crippen LogP contribution in [0.1, 0.15) is 33.1 Å². The van der Waals surface area contributed by atoms with Crippen molar-refractivity contribution in [3.63, 3.8) is 0 Å². The smallest absolute Gasteiger partial charge is 0.0604 e. The number of nitrogens with one attached hydrogen (secondary N) is 1. The monoisotopic (exact) mass is 185 g/mol. The van der Waals surface area contributed by atoms with Crippen LogP contribution in [0.4, 0.5) is 0 Å². The number of hydrogen-bond donors (Lipinski definition) is 1. The van der Waals surface area contributed by atoms with Gasteiger partial charge >= 0.3 is 0 Å². The lowest BCUT2D eigenvalue weighted by Crippen LogP contribution is -2.27. The summed E-state index contributed by atoms with van der Waals surface area (Å²) in [5.41, 5.74) is 0. The molecule has 3 atom stereocenters. The molecule has 0 aromatic heterocycles.